The first-order valence-electron chi connectivity index (χ1n) is 6.77. The van der Waals surface area contributed by atoms with Crippen molar-refractivity contribution in [3.63, 3.8) is 0 Å². The van der Waals surface area contributed by atoms with Crippen LogP contribution in [0.1, 0.15) is 38.7 Å². The number of halogens is 3. The Labute approximate surface area is 131 Å². The predicted molar refractivity (Wildman–Crippen MR) is 75.1 cm³/mol. The second-order valence-corrected chi connectivity index (χ2v) is 6.06. The molecule has 0 fully saturated rings. The van der Waals surface area contributed by atoms with E-state index in [-0.39, 0.29) is 6.07 Å². The standard InChI is InChI=1S/C15H18F3NO4/c1-15(2,3)23-14(22)13(11(19)6-12(20)21)7-4-9(17)10(18)5-8(7)16/h4-5,11,13H,6,19H2,1-3H3,(H,20,21)/t11-,13?/m1/s1. The Morgan fingerprint density at radius 3 is 2.17 bits per heavy atom. The maximum Gasteiger partial charge on any atom is 0.315 e. The Morgan fingerprint density at radius 1 is 1.17 bits per heavy atom. The fourth-order valence-electron chi connectivity index (χ4n) is 1.99. The van der Waals surface area contributed by atoms with Crippen LogP contribution in [0.2, 0.25) is 0 Å². The second kappa shape index (κ2) is 6.99. The van der Waals surface area contributed by atoms with E-state index in [1.807, 2.05) is 0 Å². The zero-order valence-electron chi connectivity index (χ0n) is 12.9. The first kappa shape index (κ1) is 19.0. The van der Waals surface area contributed by atoms with Crippen LogP contribution in [0.25, 0.3) is 0 Å². The highest BCUT2D eigenvalue weighted by Gasteiger charge is 2.35. The van der Waals surface area contributed by atoms with Crippen molar-refractivity contribution < 1.29 is 32.6 Å². The molecule has 0 aliphatic heterocycles. The summed E-state index contributed by atoms with van der Waals surface area (Å²) in [6.07, 6.45) is -0.678. The molecule has 0 aliphatic carbocycles. The normalized spacial score (nSPS) is 14.2. The van der Waals surface area contributed by atoms with Crippen LogP contribution < -0.4 is 5.73 Å². The molecule has 0 radical (unpaired) electrons. The Balaban J connectivity index is 3.31. The summed E-state index contributed by atoms with van der Waals surface area (Å²) in [5, 5.41) is 8.80. The monoisotopic (exact) mass is 333 g/mol. The molecule has 0 aliphatic rings. The lowest BCUT2D eigenvalue weighted by atomic mass is 9.89. The minimum atomic E-state index is -1.58. The third kappa shape index (κ3) is 5.24. The highest BCUT2D eigenvalue weighted by molar-refractivity contribution is 5.81. The van der Waals surface area contributed by atoms with Gasteiger partial charge < -0.3 is 15.6 Å². The third-order valence-electron chi connectivity index (χ3n) is 2.87. The van der Waals surface area contributed by atoms with Gasteiger partial charge in [0.05, 0.1) is 6.42 Å². The number of rotatable bonds is 5. The van der Waals surface area contributed by atoms with E-state index in [1.165, 1.54) is 0 Å². The molecule has 5 nitrogen and oxygen atoms in total. The van der Waals surface area contributed by atoms with Gasteiger partial charge in [0, 0.05) is 17.7 Å². The van der Waals surface area contributed by atoms with Gasteiger partial charge in [0.2, 0.25) is 0 Å². The van der Waals surface area contributed by atoms with Crippen molar-refractivity contribution in [3.8, 4) is 0 Å². The van der Waals surface area contributed by atoms with Crippen LogP contribution in [0.4, 0.5) is 13.2 Å². The van der Waals surface area contributed by atoms with Crippen LogP contribution in [-0.2, 0) is 14.3 Å². The molecule has 1 unspecified atom stereocenters. The van der Waals surface area contributed by atoms with Crippen LogP contribution in [0.15, 0.2) is 12.1 Å². The van der Waals surface area contributed by atoms with E-state index in [2.05, 4.69) is 0 Å². The molecule has 0 saturated heterocycles. The molecule has 128 valence electrons. The van der Waals surface area contributed by atoms with Gasteiger partial charge in [0.15, 0.2) is 11.6 Å². The van der Waals surface area contributed by atoms with Gasteiger partial charge in [-0.15, -0.1) is 0 Å². The summed E-state index contributed by atoms with van der Waals surface area (Å²) in [5.74, 6) is -7.94. The van der Waals surface area contributed by atoms with Gasteiger partial charge in [-0.2, -0.15) is 0 Å². The number of benzene rings is 1. The van der Waals surface area contributed by atoms with E-state index in [4.69, 9.17) is 15.6 Å². The van der Waals surface area contributed by atoms with Gasteiger partial charge in [0.25, 0.3) is 0 Å². The first-order chi connectivity index (χ1) is 10.4. The number of carboxylic acids is 1. The summed E-state index contributed by atoms with van der Waals surface area (Å²) >= 11 is 0. The van der Waals surface area contributed by atoms with Crippen molar-refractivity contribution in [1.29, 1.82) is 0 Å². The van der Waals surface area contributed by atoms with Gasteiger partial charge in [0.1, 0.15) is 17.3 Å². The summed E-state index contributed by atoms with van der Waals surface area (Å²) in [7, 11) is 0. The smallest absolute Gasteiger partial charge is 0.315 e. The lowest BCUT2D eigenvalue weighted by Crippen LogP contribution is -2.39. The number of hydrogen-bond donors (Lipinski definition) is 2. The van der Waals surface area contributed by atoms with Gasteiger partial charge in [-0.3, -0.25) is 9.59 Å². The van der Waals surface area contributed by atoms with Gasteiger partial charge in [-0.1, -0.05) is 0 Å². The molecule has 23 heavy (non-hydrogen) atoms. The molecule has 1 rings (SSSR count). The highest BCUT2D eigenvalue weighted by Crippen LogP contribution is 2.28. The van der Waals surface area contributed by atoms with Crippen molar-refractivity contribution >= 4 is 11.9 Å². The summed E-state index contributed by atoms with van der Waals surface area (Å²) in [4.78, 5) is 23.1. The molecule has 1 aromatic rings. The summed E-state index contributed by atoms with van der Waals surface area (Å²) in [5.41, 5.74) is 4.16. The largest absolute Gasteiger partial charge is 0.481 e. The predicted octanol–water partition coefficient (Wildman–Crippen LogP) is 2.33. The van der Waals surface area contributed by atoms with Crippen LogP contribution in [-0.4, -0.2) is 28.7 Å². The maximum absolute atomic E-state index is 14.0. The number of hydrogen-bond acceptors (Lipinski definition) is 4. The van der Waals surface area contributed by atoms with Crippen molar-refractivity contribution in [3.05, 3.63) is 35.1 Å². The minimum Gasteiger partial charge on any atom is -0.481 e. The molecular weight excluding hydrogens is 315 g/mol. The van der Waals surface area contributed by atoms with Crippen molar-refractivity contribution in [2.75, 3.05) is 0 Å². The van der Waals surface area contributed by atoms with Crippen molar-refractivity contribution in [2.45, 2.75) is 44.8 Å². The number of ether oxygens (including phenoxy) is 1. The van der Waals surface area contributed by atoms with E-state index in [1.54, 1.807) is 20.8 Å². The van der Waals surface area contributed by atoms with Crippen molar-refractivity contribution in [1.82, 2.24) is 0 Å². The highest BCUT2D eigenvalue weighted by atomic mass is 19.2. The van der Waals surface area contributed by atoms with E-state index in [0.717, 1.165) is 0 Å². The van der Waals surface area contributed by atoms with Crippen LogP contribution >= 0.6 is 0 Å². The Hall–Kier alpha value is -2.09. The van der Waals surface area contributed by atoms with Crippen LogP contribution in [0.3, 0.4) is 0 Å². The Kier molecular flexibility index (Phi) is 5.76. The average Bonchev–Trinajstić information content (AvgIpc) is 2.32. The van der Waals surface area contributed by atoms with Crippen molar-refractivity contribution in [2.24, 2.45) is 5.73 Å². The molecular formula is C15H18F3NO4. The lowest BCUT2D eigenvalue weighted by molar-refractivity contribution is -0.157. The zero-order chi connectivity index (χ0) is 17.9. The fourth-order valence-corrected chi connectivity index (χ4v) is 1.99. The zero-order valence-corrected chi connectivity index (χ0v) is 12.9. The molecule has 0 amide bonds. The van der Waals surface area contributed by atoms with E-state index < -0.39 is 58.9 Å². The SMILES string of the molecule is CC(C)(C)OC(=O)C(c1cc(F)c(F)cc1F)[C@H](N)CC(=O)O. The second-order valence-electron chi connectivity index (χ2n) is 6.06. The molecule has 0 saturated carbocycles. The number of carbonyl (C=O) groups is 2. The summed E-state index contributed by atoms with van der Waals surface area (Å²) in [6, 6.07) is -0.613. The molecule has 0 heterocycles. The molecule has 3 N–H and O–H groups in total. The number of esters is 1. The molecule has 1 aromatic carbocycles. The fraction of sp³-hybridized carbons (Fsp3) is 0.467. The number of nitrogens with two attached hydrogens (primary N) is 1. The van der Waals surface area contributed by atoms with Gasteiger partial charge in [-0.05, 0) is 26.8 Å². The maximum atomic E-state index is 14.0. The van der Waals surface area contributed by atoms with Gasteiger partial charge >= 0.3 is 11.9 Å². The average molecular weight is 333 g/mol. The van der Waals surface area contributed by atoms with Crippen LogP contribution in [0.5, 0.6) is 0 Å². The Morgan fingerprint density at radius 2 is 1.70 bits per heavy atom. The Bertz CT molecular complexity index is 613. The third-order valence-corrected chi connectivity index (χ3v) is 2.87. The van der Waals surface area contributed by atoms with E-state index in [9.17, 15) is 22.8 Å². The molecule has 0 aromatic heterocycles. The lowest BCUT2D eigenvalue weighted by Gasteiger charge is -2.27. The minimum absolute atomic E-state index is 0.273. The molecule has 0 spiro atoms. The molecule has 8 heteroatoms. The van der Waals surface area contributed by atoms with E-state index in [0.29, 0.717) is 6.07 Å². The summed E-state index contributed by atoms with van der Waals surface area (Å²) < 4.78 is 45.5. The van der Waals surface area contributed by atoms with Crippen LogP contribution in [0, 0.1) is 17.5 Å². The first-order valence-corrected chi connectivity index (χ1v) is 6.77. The number of carboxylic acid groups (broad SMARTS) is 1. The summed E-state index contributed by atoms with van der Waals surface area (Å²) in [6.45, 7) is 4.64. The quantitative estimate of drug-likeness (QED) is 0.638. The molecule has 0 bridgehead atoms. The van der Waals surface area contributed by atoms with E-state index >= 15 is 0 Å². The number of carbonyl (C=O) groups excluding carboxylic acids is 1. The number of aliphatic carboxylic acids is 1. The topological polar surface area (TPSA) is 89.6 Å². The molecule has 2 atom stereocenters. The van der Waals surface area contributed by atoms with Gasteiger partial charge in [-0.25, -0.2) is 13.2 Å².